The molecule has 0 aliphatic heterocycles. The molecular formula is C14H16ClN3O2. The van der Waals surface area contributed by atoms with E-state index in [4.69, 9.17) is 22.1 Å². The number of nitrogens with zero attached hydrogens (tertiary/aromatic N) is 2. The maximum Gasteiger partial charge on any atom is 0.342 e. The number of ether oxygens (including phenoxy) is 1. The molecule has 0 atom stereocenters. The zero-order chi connectivity index (χ0) is 14.7. The Morgan fingerprint density at radius 1 is 1.50 bits per heavy atom. The van der Waals surface area contributed by atoms with Crippen molar-refractivity contribution in [3.63, 3.8) is 0 Å². The van der Waals surface area contributed by atoms with Gasteiger partial charge in [-0.1, -0.05) is 24.6 Å². The standard InChI is InChI=1S/C14H16ClN3O2/c1-3-9-7-10(18(2)17-9)8-20-14(19)13-11(15)5-4-6-12(13)16/h4-7H,3,8,16H2,1-2H3. The van der Waals surface area contributed by atoms with Gasteiger partial charge in [0.2, 0.25) is 0 Å². The summed E-state index contributed by atoms with van der Waals surface area (Å²) in [7, 11) is 1.81. The minimum atomic E-state index is -0.535. The first-order valence-electron chi connectivity index (χ1n) is 6.25. The summed E-state index contributed by atoms with van der Waals surface area (Å²) in [5.41, 5.74) is 8.03. The number of aryl methyl sites for hydroxylation is 2. The number of halogens is 1. The van der Waals surface area contributed by atoms with Crippen molar-refractivity contribution < 1.29 is 9.53 Å². The molecular weight excluding hydrogens is 278 g/mol. The summed E-state index contributed by atoms with van der Waals surface area (Å²) in [6, 6.07) is 6.81. The van der Waals surface area contributed by atoms with E-state index in [9.17, 15) is 4.79 Å². The largest absolute Gasteiger partial charge is 0.456 e. The highest BCUT2D eigenvalue weighted by molar-refractivity contribution is 6.34. The van der Waals surface area contributed by atoms with Crippen LogP contribution in [0, 0.1) is 0 Å². The van der Waals surface area contributed by atoms with Gasteiger partial charge in [0, 0.05) is 12.7 Å². The number of nitrogen functional groups attached to an aromatic ring is 1. The van der Waals surface area contributed by atoms with Crippen LogP contribution >= 0.6 is 11.6 Å². The van der Waals surface area contributed by atoms with Crippen LogP contribution in [0.1, 0.15) is 28.7 Å². The molecule has 0 unspecified atom stereocenters. The van der Waals surface area contributed by atoms with E-state index in [2.05, 4.69) is 5.10 Å². The SMILES string of the molecule is CCc1cc(COC(=O)c2c(N)cccc2Cl)n(C)n1. The van der Waals surface area contributed by atoms with E-state index < -0.39 is 5.97 Å². The second-order valence-electron chi connectivity index (χ2n) is 4.38. The van der Waals surface area contributed by atoms with Crippen LogP contribution in [0.15, 0.2) is 24.3 Å². The van der Waals surface area contributed by atoms with Gasteiger partial charge in [-0.05, 0) is 24.6 Å². The molecule has 0 fully saturated rings. The van der Waals surface area contributed by atoms with Crippen molar-refractivity contribution in [1.29, 1.82) is 0 Å². The third kappa shape index (κ3) is 2.93. The van der Waals surface area contributed by atoms with E-state index in [1.807, 2.05) is 20.0 Å². The molecule has 2 N–H and O–H groups in total. The lowest BCUT2D eigenvalue weighted by Gasteiger charge is -2.08. The monoisotopic (exact) mass is 293 g/mol. The van der Waals surface area contributed by atoms with Crippen molar-refractivity contribution in [2.75, 3.05) is 5.73 Å². The number of anilines is 1. The summed E-state index contributed by atoms with van der Waals surface area (Å²) in [6.07, 6.45) is 0.833. The number of nitrogens with two attached hydrogens (primary N) is 1. The van der Waals surface area contributed by atoms with Gasteiger partial charge in [-0.15, -0.1) is 0 Å². The van der Waals surface area contributed by atoms with Crippen LogP contribution in [0.5, 0.6) is 0 Å². The molecule has 106 valence electrons. The van der Waals surface area contributed by atoms with Crippen LogP contribution in [-0.4, -0.2) is 15.7 Å². The number of esters is 1. The third-order valence-corrected chi connectivity index (χ3v) is 3.31. The Labute approximate surface area is 122 Å². The molecule has 6 heteroatoms. The molecule has 5 nitrogen and oxygen atoms in total. The molecule has 1 heterocycles. The van der Waals surface area contributed by atoms with Gasteiger partial charge in [0.05, 0.1) is 16.4 Å². The zero-order valence-corrected chi connectivity index (χ0v) is 12.1. The van der Waals surface area contributed by atoms with Crippen molar-refractivity contribution in [2.24, 2.45) is 7.05 Å². The highest BCUT2D eigenvalue weighted by Crippen LogP contribution is 2.23. The van der Waals surface area contributed by atoms with Crippen molar-refractivity contribution in [1.82, 2.24) is 9.78 Å². The average Bonchev–Trinajstić information content (AvgIpc) is 2.77. The molecule has 20 heavy (non-hydrogen) atoms. The summed E-state index contributed by atoms with van der Waals surface area (Å²) in [4.78, 5) is 12.0. The third-order valence-electron chi connectivity index (χ3n) is 2.99. The Morgan fingerprint density at radius 3 is 2.85 bits per heavy atom. The smallest absolute Gasteiger partial charge is 0.342 e. The first-order chi connectivity index (χ1) is 9.52. The van der Waals surface area contributed by atoms with Crippen molar-refractivity contribution >= 4 is 23.3 Å². The van der Waals surface area contributed by atoms with Crippen LogP contribution in [0.4, 0.5) is 5.69 Å². The predicted octanol–water partition coefficient (Wildman–Crippen LogP) is 2.58. The molecule has 1 aromatic heterocycles. The van der Waals surface area contributed by atoms with Crippen molar-refractivity contribution in [3.05, 3.63) is 46.2 Å². The number of aromatic nitrogens is 2. The lowest BCUT2D eigenvalue weighted by Crippen LogP contribution is -2.10. The van der Waals surface area contributed by atoms with Gasteiger partial charge in [0.15, 0.2) is 0 Å². The number of hydrogen-bond donors (Lipinski definition) is 1. The van der Waals surface area contributed by atoms with Crippen LogP contribution in [0.25, 0.3) is 0 Å². The number of carbonyl (C=O) groups excluding carboxylic acids is 1. The van der Waals surface area contributed by atoms with Crippen molar-refractivity contribution in [2.45, 2.75) is 20.0 Å². The molecule has 0 aliphatic carbocycles. The van der Waals surface area contributed by atoms with Gasteiger partial charge in [-0.25, -0.2) is 4.79 Å². The Morgan fingerprint density at radius 2 is 2.25 bits per heavy atom. The summed E-state index contributed by atoms with van der Waals surface area (Å²) >= 11 is 5.97. The van der Waals surface area contributed by atoms with Gasteiger partial charge in [0.25, 0.3) is 0 Å². The van der Waals surface area contributed by atoms with Crippen LogP contribution < -0.4 is 5.73 Å². The normalized spacial score (nSPS) is 10.6. The molecule has 2 aromatic rings. The average molecular weight is 294 g/mol. The van der Waals surface area contributed by atoms with Gasteiger partial charge in [-0.2, -0.15) is 5.10 Å². The maximum absolute atomic E-state index is 12.0. The Balaban J connectivity index is 2.10. The van der Waals surface area contributed by atoms with E-state index in [1.165, 1.54) is 0 Å². The van der Waals surface area contributed by atoms with Crippen LogP contribution in [0.2, 0.25) is 5.02 Å². The summed E-state index contributed by atoms with van der Waals surface area (Å²) < 4.78 is 6.95. The quantitative estimate of drug-likeness (QED) is 0.695. The van der Waals surface area contributed by atoms with Gasteiger partial charge >= 0.3 is 5.97 Å². The summed E-state index contributed by atoms with van der Waals surface area (Å²) in [5.74, 6) is -0.535. The topological polar surface area (TPSA) is 70.1 Å². The van der Waals surface area contributed by atoms with E-state index in [-0.39, 0.29) is 17.2 Å². The molecule has 0 saturated heterocycles. The first-order valence-corrected chi connectivity index (χ1v) is 6.63. The highest BCUT2D eigenvalue weighted by atomic mass is 35.5. The van der Waals surface area contributed by atoms with E-state index in [0.717, 1.165) is 17.8 Å². The highest BCUT2D eigenvalue weighted by Gasteiger charge is 2.16. The van der Waals surface area contributed by atoms with Gasteiger partial charge in [0.1, 0.15) is 12.2 Å². The Bertz CT molecular complexity index is 617. The van der Waals surface area contributed by atoms with E-state index in [0.29, 0.717) is 5.69 Å². The molecule has 0 amide bonds. The molecule has 2 rings (SSSR count). The lowest BCUT2D eigenvalue weighted by molar-refractivity contribution is 0.0465. The van der Waals surface area contributed by atoms with E-state index in [1.54, 1.807) is 22.9 Å². The van der Waals surface area contributed by atoms with Crippen molar-refractivity contribution in [3.8, 4) is 0 Å². The summed E-state index contributed by atoms with van der Waals surface area (Å²) in [6.45, 7) is 2.15. The Hall–Kier alpha value is -2.01. The predicted molar refractivity (Wildman–Crippen MR) is 77.6 cm³/mol. The molecule has 0 bridgehead atoms. The van der Waals surface area contributed by atoms with Crippen LogP contribution in [-0.2, 0) is 24.8 Å². The minimum absolute atomic E-state index is 0.132. The fraction of sp³-hybridized carbons (Fsp3) is 0.286. The number of carbonyl (C=O) groups is 1. The van der Waals surface area contributed by atoms with Gasteiger partial charge in [-0.3, -0.25) is 4.68 Å². The molecule has 1 aromatic carbocycles. The molecule has 0 radical (unpaired) electrons. The lowest BCUT2D eigenvalue weighted by atomic mass is 10.2. The molecule has 0 spiro atoms. The number of hydrogen-bond acceptors (Lipinski definition) is 4. The fourth-order valence-corrected chi connectivity index (χ4v) is 2.11. The second kappa shape index (κ2) is 5.96. The summed E-state index contributed by atoms with van der Waals surface area (Å²) in [5, 5.41) is 4.58. The second-order valence-corrected chi connectivity index (χ2v) is 4.79. The van der Waals surface area contributed by atoms with Gasteiger partial charge < -0.3 is 10.5 Å². The molecule has 0 aliphatic rings. The number of benzene rings is 1. The maximum atomic E-state index is 12.0. The van der Waals surface area contributed by atoms with E-state index >= 15 is 0 Å². The zero-order valence-electron chi connectivity index (χ0n) is 11.4. The Kier molecular flexibility index (Phi) is 4.29. The fourth-order valence-electron chi connectivity index (χ4n) is 1.85. The first kappa shape index (κ1) is 14.4. The molecule has 0 saturated carbocycles. The number of rotatable bonds is 4. The van der Waals surface area contributed by atoms with Crippen LogP contribution in [0.3, 0.4) is 0 Å². The minimum Gasteiger partial charge on any atom is -0.456 e.